The first-order valence-electron chi connectivity index (χ1n) is 7.55. The third-order valence-corrected chi connectivity index (χ3v) is 4.32. The van der Waals surface area contributed by atoms with Crippen molar-refractivity contribution in [2.75, 3.05) is 20.2 Å². The van der Waals surface area contributed by atoms with Crippen LogP contribution in [0.25, 0.3) is 0 Å². The molecule has 0 spiro atoms. The minimum absolute atomic E-state index is 0.0987. The molecular formula is C15H30N2O2. The number of rotatable bonds is 5. The number of likely N-dealkylation sites (tertiary alicyclic amines) is 1. The van der Waals surface area contributed by atoms with Gasteiger partial charge in [-0.25, -0.2) is 0 Å². The molecule has 0 radical (unpaired) electrons. The highest BCUT2D eigenvalue weighted by Gasteiger charge is 2.41. The molecular weight excluding hydrogens is 240 g/mol. The third-order valence-electron chi connectivity index (χ3n) is 4.32. The topological polar surface area (TPSA) is 41.6 Å². The molecule has 1 fully saturated rings. The second kappa shape index (κ2) is 7.25. The third kappa shape index (κ3) is 4.18. The molecule has 4 heteroatoms. The van der Waals surface area contributed by atoms with Crippen molar-refractivity contribution in [2.24, 2.45) is 0 Å². The van der Waals surface area contributed by atoms with E-state index in [9.17, 15) is 4.79 Å². The highest BCUT2D eigenvalue weighted by molar-refractivity contribution is 5.80. The van der Waals surface area contributed by atoms with Crippen LogP contribution >= 0.6 is 0 Å². The smallest absolute Gasteiger partial charge is 0.326 e. The lowest BCUT2D eigenvalue weighted by Gasteiger charge is -2.34. The number of ether oxygens (including phenoxy) is 1. The standard InChI is InChI=1S/C15H30N2O2/c1-6-13(4)16-15(14(18)19-5)8-7-10-17(11-9-15)12(2)3/h12-13,16H,6-11H2,1-5H3. The van der Waals surface area contributed by atoms with E-state index in [1.165, 1.54) is 7.11 Å². The first kappa shape index (κ1) is 16.4. The van der Waals surface area contributed by atoms with Gasteiger partial charge in [0.05, 0.1) is 7.11 Å². The maximum absolute atomic E-state index is 12.3. The van der Waals surface area contributed by atoms with Crippen molar-refractivity contribution in [1.29, 1.82) is 0 Å². The van der Waals surface area contributed by atoms with E-state index in [4.69, 9.17) is 4.74 Å². The summed E-state index contributed by atoms with van der Waals surface area (Å²) in [5, 5.41) is 3.53. The number of hydrogen-bond acceptors (Lipinski definition) is 4. The first-order chi connectivity index (χ1) is 8.95. The number of carbonyl (C=O) groups is 1. The quantitative estimate of drug-likeness (QED) is 0.778. The van der Waals surface area contributed by atoms with Gasteiger partial charge in [0.2, 0.25) is 0 Å². The van der Waals surface area contributed by atoms with Crippen LogP contribution in [0.3, 0.4) is 0 Å². The molecule has 19 heavy (non-hydrogen) atoms. The van der Waals surface area contributed by atoms with E-state index in [0.717, 1.165) is 38.8 Å². The summed E-state index contributed by atoms with van der Waals surface area (Å²) in [5.74, 6) is -0.0987. The molecule has 2 unspecified atom stereocenters. The van der Waals surface area contributed by atoms with Gasteiger partial charge in [-0.2, -0.15) is 0 Å². The highest BCUT2D eigenvalue weighted by Crippen LogP contribution is 2.26. The van der Waals surface area contributed by atoms with Crippen molar-refractivity contribution in [3.8, 4) is 0 Å². The van der Waals surface area contributed by atoms with Crippen LogP contribution in [0.15, 0.2) is 0 Å². The van der Waals surface area contributed by atoms with Gasteiger partial charge in [-0.1, -0.05) is 6.92 Å². The molecule has 0 aliphatic carbocycles. The largest absolute Gasteiger partial charge is 0.468 e. The summed E-state index contributed by atoms with van der Waals surface area (Å²) in [6.45, 7) is 10.7. The molecule has 0 aromatic heterocycles. The average Bonchev–Trinajstić information content (AvgIpc) is 2.61. The van der Waals surface area contributed by atoms with E-state index in [1.807, 2.05) is 0 Å². The number of esters is 1. The lowest BCUT2D eigenvalue weighted by molar-refractivity contribution is -0.149. The Hall–Kier alpha value is -0.610. The van der Waals surface area contributed by atoms with Crippen LogP contribution in [-0.2, 0) is 9.53 Å². The molecule has 0 bridgehead atoms. The van der Waals surface area contributed by atoms with Crippen molar-refractivity contribution in [3.05, 3.63) is 0 Å². The number of hydrogen-bond donors (Lipinski definition) is 1. The van der Waals surface area contributed by atoms with E-state index in [1.54, 1.807) is 0 Å². The molecule has 2 atom stereocenters. The second-order valence-electron chi connectivity index (χ2n) is 6.01. The maximum Gasteiger partial charge on any atom is 0.326 e. The van der Waals surface area contributed by atoms with Gasteiger partial charge in [0.1, 0.15) is 5.54 Å². The van der Waals surface area contributed by atoms with Gasteiger partial charge in [0.15, 0.2) is 0 Å². The zero-order valence-electron chi connectivity index (χ0n) is 13.2. The molecule has 112 valence electrons. The van der Waals surface area contributed by atoms with Gasteiger partial charge >= 0.3 is 5.97 Å². The molecule has 1 saturated heterocycles. The lowest BCUT2D eigenvalue weighted by Crippen LogP contribution is -2.56. The number of nitrogens with zero attached hydrogens (tertiary/aromatic N) is 1. The van der Waals surface area contributed by atoms with Crippen LogP contribution in [0.1, 0.15) is 53.4 Å². The summed E-state index contributed by atoms with van der Waals surface area (Å²) in [7, 11) is 1.49. The zero-order chi connectivity index (χ0) is 14.5. The Morgan fingerprint density at radius 1 is 1.32 bits per heavy atom. The van der Waals surface area contributed by atoms with Gasteiger partial charge in [-0.15, -0.1) is 0 Å². The Kier molecular flexibility index (Phi) is 6.27. The van der Waals surface area contributed by atoms with Crippen LogP contribution in [0.5, 0.6) is 0 Å². The Labute approximate surface area is 117 Å². The van der Waals surface area contributed by atoms with Crippen molar-refractivity contribution in [1.82, 2.24) is 10.2 Å². The summed E-state index contributed by atoms with van der Waals surface area (Å²) < 4.78 is 5.07. The number of nitrogens with one attached hydrogen (secondary N) is 1. The van der Waals surface area contributed by atoms with Gasteiger partial charge in [0.25, 0.3) is 0 Å². The number of methoxy groups -OCH3 is 1. The van der Waals surface area contributed by atoms with Gasteiger partial charge in [-0.05, 0) is 53.0 Å². The lowest BCUT2D eigenvalue weighted by atomic mass is 9.89. The summed E-state index contributed by atoms with van der Waals surface area (Å²) in [6, 6.07) is 0.877. The Morgan fingerprint density at radius 2 is 2.00 bits per heavy atom. The molecule has 4 nitrogen and oxygen atoms in total. The van der Waals surface area contributed by atoms with Crippen LogP contribution in [-0.4, -0.2) is 48.7 Å². The van der Waals surface area contributed by atoms with Crippen LogP contribution in [0.2, 0.25) is 0 Å². The maximum atomic E-state index is 12.3. The predicted molar refractivity (Wildman–Crippen MR) is 78.2 cm³/mol. The van der Waals surface area contributed by atoms with E-state index >= 15 is 0 Å². The van der Waals surface area contributed by atoms with Crippen molar-refractivity contribution in [3.63, 3.8) is 0 Å². The average molecular weight is 270 g/mol. The van der Waals surface area contributed by atoms with Crippen molar-refractivity contribution < 1.29 is 9.53 Å². The van der Waals surface area contributed by atoms with Crippen LogP contribution < -0.4 is 5.32 Å². The minimum Gasteiger partial charge on any atom is -0.468 e. The molecule has 1 rings (SSSR count). The van der Waals surface area contributed by atoms with Gasteiger partial charge < -0.3 is 9.64 Å². The molecule has 1 aliphatic heterocycles. The van der Waals surface area contributed by atoms with Crippen molar-refractivity contribution in [2.45, 2.75) is 71.0 Å². The molecule has 1 aliphatic rings. The molecule has 0 aromatic rings. The molecule has 0 aromatic carbocycles. The second-order valence-corrected chi connectivity index (χ2v) is 6.01. The fourth-order valence-corrected chi connectivity index (χ4v) is 2.85. The normalized spacial score (nSPS) is 27.1. The summed E-state index contributed by atoms with van der Waals surface area (Å²) >= 11 is 0. The monoisotopic (exact) mass is 270 g/mol. The van der Waals surface area contributed by atoms with E-state index in [2.05, 4.69) is 37.9 Å². The summed E-state index contributed by atoms with van der Waals surface area (Å²) in [6.07, 6.45) is 3.76. The summed E-state index contributed by atoms with van der Waals surface area (Å²) in [5.41, 5.74) is -0.492. The number of carbonyl (C=O) groups excluding carboxylic acids is 1. The fourth-order valence-electron chi connectivity index (χ4n) is 2.85. The SMILES string of the molecule is CCC(C)NC1(C(=O)OC)CCCN(C(C)C)CC1. The van der Waals surface area contributed by atoms with Gasteiger partial charge in [-0.3, -0.25) is 10.1 Å². The molecule has 0 saturated carbocycles. The molecule has 1 N–H and O–H groups in total. The van der Waals surface area contributed by atoms with E-state index < -0.39 is 5.54 Å². The zero-order valence-corrected chi connectivity index (χ0v) is 13.2. The van der Waals surface area contributed by atoms with Crippen molar-refractivity contribution >= 4 is 5.97 Å². The molecule has 0 amide bonds. The summed E-state index contributed by atoms with van der Waals surface area (Å²) in [4.78, 5) is 14.7. The van der Waals surface area contributed by atoms with Gasteiger partial charge in [0, 0.05) is 18.6 Å². The highest BCUT2D eigenvalue weighted by atomic mass is 16.5. The molecule has 1 heterocycles. The minimum atomic E-state index is -0.492. The first-order valence-corrected chi connectivity index (χ1v) is 7.55. The van der Waals surface area contributed by atoms with E-state index in [-0.39, 0.29) is 5.97 Å². The fraction of sp³-hybridized carbons (Fsp3) is 0.933. The Morgan fingerprint density at radius 3 is 2.53 bits per heavy atom. The van der Waals surface area contributed by atoms with Crippen LogP contribution in [0.4, 0.5) is 0 Å². The predicted octanol–water partition coefficient (Wildman–Crippen LogP) is 2.18. The van der Waals surface area contributed by atoms with Crippen LogP contribution in [0, 0.1) is 0 Å². The Balaban J connectivity index is 2.82. The van der Waals surface area contributed by atoms with E-state index in [0.29, 0.717) is 12.1 Å². The Bertz CT molecular complexity index is 294.